The highest BCUT2D eigenvalue weighted by molar-refractivity contribution is 5.85. The van der Waals surface area contributed by atoms with Gasteiger partial charge >= 0.3 is 0 Å². The van der Waals surface area contributed by atoms with Crippen LogP contribution in [0.3, 0.4) is 0 Å². The smallest absolute Gasteiger partial charge is 0.226 e. The minimum absolute atomic E-state index is 0.136. The third kappa shape index (κ3) is 1.47. The maximum absolute atomic E-state index is 11.9. The van der Waals surface area contributed by atoms with Crippen LogP contribution in [0.5, 0.6) is 0 Å². The van der Waals surface area contributed by atoms with Crippen molar-refractivity contribution in [2.45, 2.75) is 18.9 Å². The van der Waals surface area contributed by atoms with Crippen LogP contribution in [0.1, 0.15) is 12.8 Å². The van der Waals surface area contributed by atoms with E-state index in [0.717, 1.165) is 32.5 Å². The Bertz CT molecular complexity index is 275. The Labute approximate surface area is 89.2 Å². The second-order valence-corrected chi connectivity index (χ2v) is 4.91. The minimum atomic E-state index is 0.136. The minimum Gasteiger partial charge on any atom is -0.396 e. The van der Waals surface area contributed by atoms with Gasteiger partial charge in [-0.05, 0) is 24.7 Å². The summed E-state index contributed by atoms with van der Waals surface area (Å²) in [5.41, 5.74) is 0. The Morgan fingerprint density at radius 2 is 2.40 bits per heavy atom. The molecule has 4 atom stereocenters. The van der Waals surface area contributed by atoms with E-state index in [4.69, 9.17) is 9.84 Å². The van der Waals surface area contributed by atoms with E-state index in [9.17, 15) is 4.79 Å². The highest BCUT2D eigenvalue weighted by Crippen LogP contribution is 2.52. The first-order chi connectivity index (χ1) is 7.31. The summed E-state index contributed by atoms with van der Waals surface area (Å²) in [6, 6.07) is 0. The number of hydrogen-bond acceptors (Lipinski definition) is 3. The number of hydrogen-bond donors (Lipinski definition) is 1. The first kappa shape index (κ1) is 9.60. The lowest BCUT2D eigenvalue weighted by molar-refractivity contribution is -0.132. The van der Waals surface area contributed by atoms with Gasteiger partial charge in [-0.3, -0.25) is 4.79 Å². The van der Waals surface area contributed by atoms with Gasteiger partial charge in [-0.15, -0.1) is 0 Å². The molecule has 4 heteroatoms. The zero-order valence-corrected chi connectivity index (χ0v) is 8.76. The Morgan fingerprint density at radius 1 is 1.53 bits per heavy atom. The maximum atomic E-state index is 11.9. The predicted octanol–water partition coefficient (Wildman–Crippen LogP) is -0.138. The van der Waals surface area contributed by atoms with Crippen molar-refractivity contribution in [3.05, 3.63) is 0 Å². The van der Waals surface area contributed by atoms with Crippen LogP contribution in [-0.4, -0.2) is 48.3 Å². The summed E-state index contributed by atoms with van der Waals surface area (Å²) in [6.07, 6.45) is 2.47. The number of rotatable bonds is 3. The van der Waals surface area contributed by atoms with Crippen molar-refractivity contribution in [2.24, 2.45) is 17.8 Å². The van der Waals surface area contributed by atoms with E-state index in [-0.39, 0.29) is 30.5 Å². The lowest BCUT2D eigenvalue weighted by Crippen LogP contribution is -2.36. The summed E-state index contributed by atoms with van der Waals surface area (Å²) in [6.45, 7) is 2.63. The number of fused-ring (bicyclic) bond motifs is 1. The van der Waals surface area contributed by atoms with Gasteiger partial charge in [0.2, 0.25) is 5.91 Å². The van der Waals surface area contributed by atoms with Crippen molar-refractivity contribution in [2.75, 3.05) is 26.3 Å². The number of aliphatic hydroxyl groups excluding tert-OH is 1. The van der Waals surface area contributed by atoms with E-state index < -0.39 is 0 Å². The van der Waals surface area contributed by atoms with Crippen LogP contribution < -0.4 is 0 Å². The van der Waals surface area contributed by atoms with E-state index in [1.165, 1.54) is 0 Å². The lowest BCUT2D eigenvalue weighted by Gasteiger charge is -2.22. The summed E-state index contributed by atoms with van der Waals surface area (Å²) in [4.78, 5) is 13.8. The Morgan fingerprint density at radius 3 is 2.93 bits per heavy atom. The fourth-order valence-electron chi connectivity index (χ4n) is 3.06. The molecule has 0 spiro atoms. The number of ether oxygens (including phenoxy) is 1. The first-order valence-electron chi connectivity index (χ1n) is 5.82. The summed E-state index contributed by atoms with van der Waals surface area (Å²) in [5.74, 6) is 1.08. The third-order valence-electron chi connectivity index (χ3n) is 4.02. The fraction of sp³-hybridized carbons (Fsp3) is 0.909. The molecule has 3 fully saturated rings. The lowest BCUT2D eigenvalue weighted by atomic mass is 10.2. The molecule has 2 aliphatic heterocycles. The average molecular weight is 211 g/mol. The Balaban J connectivity index is 1.55. The molecular weight excluding hydrogens is 194 g/mol. The number of piperidine rings is 1. The number of aliphatic hydroxyl groups is 1. The second-order valence-electron chi connectivity index (χ2n) is 4.91. The Hall–Kier alpha value is -0.610. The van der Waals surface area contributed by atoms with Crippen LogP contribution in [0.2, 0.25) is 0 Å². The number of amides is 1. The number of carbonyl (C=O) groups is 1. The Kier molecular flexibility index (Phi) is 2.21. The zero-order valence-electron chi connectivity index (χ0n) is 8.76. The standard InChI is InChI=1S/C11H17NO3/c13-6-9-8-5-12(11(14)10(8)9)4-7-2-1-3-15-7/h7-10,13H,1-6H2. The van der Waals surface area contributed by atoms with Crippen LogP contribution in [0.4, 0.5) is 0 Å². The average Bonchev–Trinajstić information content (AvgIpc) is 2.59. The molecule has 2 saturated heterocycles. The van der Waals surface area contributed by atoms with Crippen LogP contribution >= 0.6 is 0 Å². The zero-order chi connectivity index (χ0) is 10.4. The summed E-state index contributed by atoms with van der Waals surface area (Å²) < 4.78 is 5.52. The molecule has 3 aliphatic rings. The summed E-state index contributed by atoms with van der Waals surface area (Å²) >= 11 is 0. The topological polar surface area (TPSA) is 49.8 Å². The molecule has 0 bridgehead atoms. The van der Waals surface area contributed by atoms with Gasteiger partial charge in [0.1, 0.15) is 0 Å². The van der Waals surface area contributed by atoms with Gasteiger partial charge in [0.05, 0.1) is 6.10 Å². The SMILES string of the molecule is O=C1C2C(CO)C2CN1CC1CCCO1. The van der Waals surface area contributed by atoms with Gasteiger partial charge in [0.25, 0.3) is 0 Å². The van der Waals surface area contributed by atoms with Crippen LogP contribution in [0.15, 0.2) is 0 Å². The van der Waals surface area contributed by atoms with Gasteiger partial charge in [0.15, 0.2) is 0 Å². The fourth-order valence-corrected chi connectivity index (χ4v) is 3.06. The van der Waals surface area contributed by atoms with Crippen molar-refractivity contribution in [1.82, 2.24) is 4.90 Å². The largest absolute Gasteiger partial charge is 0.396 e. The van der Waals surface area contributed by atoms with Gasteiger partial charge < -0.3 is 14.7 Å². The number of carbonyl (C=O) groups excluding carboxylic acids is 1. The van der Waals surface area contributed by atoms with Crippen LogP contribution in [-0.2, 0) is 9.53 Å². The van der Waals surface area contributed by atoms with Crippen molar-refractivity contribution < 1.29 is 14.6 Å². The van der Waals surface area contributed by atoms with Gasteiger partial charge in [-0.2, -0.15) is 0 Å². The molecular formula is C11H17NO3. The molecule has 0 radical (unpaired) electrons. The van der Waals surface area contributed by atoms with Crippen molar-refractivity contribution in [3.8, 4) is 0 Å². The van der Waals surface area contributed by atoms with Crippen LogP contribution in [0, 0.1) is 17.8 Å². The van der Waals surface area contributed by atoms with E-state index in [2.05, 4.69) is 0 Å². The van der Waals surface area contributed by atoms with Crippen molar-refractivity contribution in [3.63, 3.8) is 0 Å². The molecule has 84 valence electrons. The maximum Gasteiger partial charge on any atom is 0.226 e. The molecule has 0 aromatic rings. The quantitative estimate of drug-likeness (QED) is 0.707. The van der Waals surface area contributed by atoms with Gasteiger partial charge in [0, 0.05) is 32.2 Å². The van der Waals surface area contributed by atoms with E-state index in [0.29, 0.717) is 5.92 Å². The van der Waals surface area contributed by atoms with E-state index in [1.54, 1.807) is 0 Å². The highest BCUT2D eigenvalue weighted by atomic mass is 16.5. The summed E-state index contributed by atoms with van der Waals surface area (Å²) in [7, 11) is 0. The number of likely N-dealkylation sites (tertiary alicyclic amines) is 1. The normalized spacial score (nSPS) is 43.5. The molecule has 3 rings (SSSR count). The molecule has 0 aromatic heterocycles. The second kappa shape index (κ2) is 3.46. The van der Waals surface area contributed by atoms with Crippen LogP contribution in [0.25, 0.3) is 0 Å². The molecule has 1 saturated carbocycles. The third-order valence-corrected chi connectivity index (χ3v) is 4.02. The molecule has 1 N–H and O–H groups in total. The van der Waals surface area contributed by atoms with E-state index in [1.807, 2.05) is 4.90 Å². The molecule has 1 aliphatic carbocycles. The predicted molar refractivity (Wildman–Crippen MR) is 53.1 cm³/mol. The molecule has 4 unspecified atom stereocenters. The first-order valence-corrected chi connectivity index (χ1v) is 5.82. The summed E-state index contributed by atoms with van der Waals surface area (Å²) in [5, 5.41) is 9.00. The molecule has 0 aromatic carbocycles. The van der Waals surface area contributed by atoms with Gasteiger partial charge in [-0.1, -0.05) is 0 Å². The number of nitrogens with zero attached hydrogens (tertiary/aromatic N) is 1. The highest BCUT2D eigenvalue weighted by Gasteiger charge is 2.61. The monoisotopic (exact) mass is 211 g/mol. The van der Waals surface area contributed by atoms with E-state index >= 15 is 0 Å². The molecule has 2 heterocycles. The van der Waals surface area contributed by atoms with Gasteiger partial charge in [-0.25, -0.2) is 0 Å². The molecule has 4 nitrogen and oxygen atoms in total. The molecule has 1 amide bonds. The van der Waals surface area contributed by atoms with Crippen molar-refractivity contribution >= 4 is 5.91 Å². The molecule has 15 heavy (non-hydrogen) atoms. The van der Waals surface area contributed by atoms with Crippen molar-refractivity contribution in [1.29, 1.82) is 0 Å².